The van der Waals surface area contributed by atoms with E-state index in [0.717, 1.165) is 0 Å². The second-order valence-corrected chi connectivity index (χ2v) is 2.10. The van der Waals surface area contributed by atoms with Crippen LogP contribution in [-0.2, 0) is 4.79 Å². The van der Waals surface area contributed by atoms with Crippen molar-refractivity contribution in [2.24, 2.45) is 0 Å². The maximum Gasteiger partial charge on any atom is 0.348 e. The molecule has 0 aromatic rings. The fourth-order valence-electron chi connectivity index (χ4n) is 0.147. The van der Waals surface area contributed by atoms with Crippen molar-refractivity contribution in [1.29, 1.82) is 0 Å². The number of halogens is 2. The summed E-state index contributed by atoms with van der Waals surface area (Å²) in [5.74, 6) is -1.20. The van der Waals surface area contributed by atoms with Crippen LogP contribution in [0.4, 0.5) is 0 Å². The molecule has 0 aliphatic carbocycles. The number of allylic oxidation sites excluding steroid dienone is 1. The number of hydrogen-bond donors (Lipinski definition) is 1. The Hall–Kier alpha value is 0.322. The van der Waals surface area contributed by atoms with E-state index in [0.29, 0.717) is 0 Å². The van der Waals surface area contributed by atoms with Crippen LogP contribution in [0.25, 0.3) is 0 Å². The largest absolute Gasteiger partial charge is 0.477 e. The monoisotopic (exact) mass is 184 g/mol. The van der Waals surface area contributed by atoms with Gasteiger partial charge < -0.3 is 5.11 Å². The molecule has 0 aromatic carbocycles. The summed E-state index contributed by atoms with van der Waals surface area (Å²) >= 11 is 10.3. The Morgan fingerprint density at radius 1 is 1.44 bits per heavy atom. The Labute approximate surface area is 73.6 Å². The van der Waals surface area contributed by atoms with E-state index in [-0.39, 0.29) is 27.4 Å². The number of aliphatic carboxylic acids is 1. The molecule has 2 nitrogen and oxygen atoms in total. The average molecular weight is 185 g/mol. The maximum atomic E-state index is 9.87. The first-order valence-electron chi connectivity index (χ1n) is 1.81. The number of carboxylic acid groups (broad SMARTS) is 1. The van der Waals surface area contributed by atoms with E-state index in [1.54, 1.807) is 0 Å². The first-order valence-corrected chi connectivity index (χ1v) is 2.56. The van der Waals surface area contributed by atoms with Crippen LogP contribution in [-0.4, -0.2) is 28.4 Å². The standard InChI is InChI=1S/C4H4Cl2O2.Al.3H/c1-2(5)3(6)4(7)8;;;;/h1H3,(H,7,8);;;;/b3-2+;;;;. The fourth-order valence-corrected chi connectivity index (χ4v) is 0.228. The van der Waals surface area contributed by atoms with Gasteiger partial charge in [-0.3, -0.25) is 0 Å². The minimum atomic E-state index is -1.20. The summed E-state index contributed by atoms with van der Waals surface area (Å²) in [4.78, 5) is 9.87. The maximum absolute atomic E-state index is 9.87. The van der Waals surface area contributed by atoms with Gasteiger partial charge in [0.15, 0.2) is 17.4 Å². The van der Waals surface area contributed by atoms with Crippen molar-refractivity contribution in [3.63, 3.8) is 0 Å². The molecule has 5 heteroatoms. The Morgan fingerprint density at radius 2 is 1.78 bits per heavy atom. The lowest BCUT2D eigenvalue weighted by Crippen LogP contribution is -1.93. The highest BCUT2D eigenvalue weighted by atomic mass is 35.5. The lowest BCUT2D eigenvalue weighted by molar-refractivity contribution is -0.131. The van der Waals surface area contributed by atoms with E-state index in [4.69, 9.17) is 28.3 Å². The van der Waals surface area contributed by atoms with Gasteiger partial charge in [0.1, 0.15) is 5.03 Å². The van der Waals surface area contributed by atoms with E-state index in [2.05, 4.69) is 0 Å². The zero-order chi connectivity index (χ0) is 6.73. The topological polar surface area (TPSA) is 37.3 Å². The summed E-state index contributed by atoms with van der Waals surface area (Å²) in [6.45, 7) is 1.41. The molecule has 1 N–H and O–H groups in total. The minimum Gasteiger partial charge on any atom is -0.477 e. The van der Waals surface area contributed by atoms with Gasteiger partial charge in [-0.1, -0.05) is 23.2 Å². The van der Waals surface area contributed by atoms with Crippen molar-refractivity contribution in [3.8, 4) is 0 Å². The Bertz CT molecular complexity index is 140. The van der Waals surface area contributed by atoms with E-state index in [1.165, 1.54) is 6.92 Å². The summed E-state index contributed by atoms with van der Waals surface area (Å²) in [6.07, 6.45) is 0. The first-order chi connectivity index (χ1) is 3.55. The summed E-state index contributed by atoms with van der Waals surface area (Å²) in [5, 5.41) is 7.85. The molecule has 0 heterocycles. The summed E-state index contributed by atoms with van der Waals surface area (Å²) in [5.41, 5.74) is 0. The summed E-state index contributed by atoms with van der Waals surface area (Å²) < 4.78 is 0. The average Bonchev–Trinajstić information content (AvgIpc) is 1.64. The van der Waals surface area contributed by atoms with Crippen molar-refractivity contribution in [3.05, 3.63) is 10.1 Å². The Balaban J connectivity index is 0. The summed E-state index contributed by atoms with van der Waals surface area (Å²) in [7, 11) is 0. The first kappa shape index (κ1) is 12.0. The van der Waals surface area contributed by atoms with Gasteiger partial charge in [0, 0.05) is 5.03 Å². The Kier molecular flexibility index (Phi) is 6.87. The highest BCUT2D eigenvalue weighted by molar-refractivity contribution is 6.46. The predicted octanol–water partition coefficient (Wildman–Crippen LogP) is 0.596. The molecule has 0 atom stereocenters. The SMILES string of the molecule is C/C(Cl)=C(\Cl)C(=O)O.[AlH3]. The van der Waals surface area contributed by atoms with Gasteiger partial charge in [-0.2, -0.15) is 0 Å². The third-order valence-corrected chi connectivity index (χ3v) is 1.22. The molecule has 9 heavy (non-hydrogen) atoms. The third kappa shape index (κ3) is 4.80. The van der Waals surface area contributed by atoms with Gasteiger partial charge in [-0.05, 0) is 6.92 Å². The van der Waals surface area contributed by atoms with Gasteiger partial charge in [0.2, 0.25) is 0 Å². The number of hydrogen-bond acceptors (Lipinski definition) is 1. The van der Waals surface area contributed by atoms with Gasteiger partial charge in [0.25, 0.3) is 0 Å². The molecule has 0 radical (unpaired) electrons. The molecular weight excluding hydrogens is 178 g/mol. The lowest BCUT2D eigenvalue weighted by Gasteiger charge is -1.87. The third-order valence-electron chi connectivity index (χ3n) is 0.490. The quantitative estimate of drug-likeness (QED) is 0.479. The van der Waals surface area contributed by atoms with Crippen LogP contribution in [0.2, 0.25) is 0 Å². The molecule has 0 amide bonds. The van der Waals surface area contributed by atoms with Crippen LogP contribution >= 0.6 is 23.2 Å². The smallest absolute Gasteiger partial charge is 0.348 e. The number of carbonyl (C=O) groups is 1. The van der Waals surface area contributed by atoms with Crippen molar-refractivity contribution in [2.75, 3.05) is 0 Å². The number of carboxylic acids is 1. The molecule has 0 bridgehead atoms. The number of rotatable bonds is 1. The van der Waals surface area contributed by atoms with Crippen LogP contribution in [0.5, 0.6) is 0 Å². The van der Waals surface area contributed by atoms with E-state index in [1.807, 2.05) is 0 Å². The van der Waals surface area contributed by atoms with Crippen molar-refractivity contribution >= 4 is 46.5 Å². The highest BCUT2D eigenvalue weighted by Crippen LogP contribution is 2.11. The molecular formula is C4H7AlCl2O2. The molecule has 0 aliphatic rings. The van der Waals surface area contributed by atoms with Gasteiger partial charge in [-0.15, -0.1) is 0 Å². The lowest BCUT2D eigenvalue weighted by atomic mass is 10.5. The van der Waals surface area contributed by atoms with Crippen molar-refractivity contribution < 1.29 is 9.90 Å². The summed E-state index contributed by atoms with van der Waals surface area (Å²) in [6, 6.07) is 0. The second-order valence-electron chi connectivity index (χ2n) is 1.15. The van der Waals surface area contributed by atoms with E-state index < -0.39 is 5.97 Å². The van der Waals surface area contributed by atoms with Crippen LogP contribution in [0.15, 0.2) is 10.1 Å². The molecule has 0 saturated carbocycles. The van der Waals surface area contributed by atoms with Crippen molar-refractivity contribution in [2.45, 2.75) is 6.92 Å². The normalized spacial score (nSPS) is 11.4. The molecule has 0 rings (SSSR count). The van der Waals surface area contributed by atoms with E-state index >= 15 is 0 Å². The van der Waals surface area contributed by atoms with Crippen LogP contribution in [0, 0.1) is 0 Å². The van der Waals surface area contributed by atoms with Crippen molar-refractivity contribution in [1.82, 2.24) is 0 Å². The van der Waals surface area contributed by atoms with Gasteiger partial charge in [-0.25, -0.2) is 4.79 Å². The molecule has 0 saturated heterocycles. The molecule has 0 spiro atoms. The molecule has 0 aliphatic heterocycles. The minimum absolute atomic E-state index is 0. The molecule has 0 aromatic heterocycles. The van der Waals surface area contributed by atoms with Crippen LogP contribution in [0.1, 0.15) is 6.92 Å². The Morgan fingerprint density at radius 3 is 1.78 bits per heavy atom. The second kappa shape index (κ2) is 5.13. The van der Waals surface area contributed by atoms with Gasteiger partial charge in [0.05, 0.1) is 0 Å². The zero-order valence-electron chi connectivity index (χ0n) is 4.11. The molecule has 52 valence electrons. The molecule has 0 unspecified atom stereocenters. The van der Waals surface area contributed by atoms with Crippen LogP contribution < -0.4 is 0 Å². The highest BCUT2D eigenvalue weighted by Gasteiger charge is 2.04. The molecule has 0 fully saturated rings. The zero-order valence-corrected chi connectivity index (χ0v) is 5.62. The predicted molar refractivity (Wildman–Crippen MR) is 42.0 cm³/mol. The van der Waals surface area contributed by atoms with Gasteiger partial charge >= 0.3 is 5.97 Å². The van der Waals surface area contributed by atoms with E-state index in [9.17, 15) is 4.79 Å². The van der Waals surface area contributed by atoms with Crippen LogP contribution in [0.3, 0.4) is 0 Å². The fraction of sp³-hybridized carbons (Fsp3) is 0.250.